The number of methoxy groups -OCH3 is 2. The van der Waals surface area contributed by atoms with Gasteiger partial charge in [-0.05, 0) is 23.0 Å². The minimum absolute atomic E-state index is 0.196. The molecule has 2 aromatic carbocycles. The number of benzene rings is 2. The van der Waals surface area contributed by atoms with E-state index in [0.717, 1.165) is 28.7 Å². The number of H-pyrrole nitrogens is 2. The Labute approximate surface area is 332 Å². The Kier molecular flexibility index (Phi) is 12.0. The number of alkyl carbamates (subject to hydrolysis) is 2. The Morgan fingerprint density at radius 3 is 1.66 bits per heavy atom. The maximum Gasteiger partial charge on any atom is 0.407 e. The van der Waals surface area contributed by atoms with Gasteiger partial charge in [-0.3, -0.25) is 9.59 Å². The number of aromatic nitrogens is 4. The molecule has 1 aliphatic carbocycles. The Morgan fingerprint density at radius 2 is 1.16 bits per heavy atom. The predicted octanol–water partition coefficient (Wildman–Crippen LogP) is 7.50. The zero-order valence-corrected chi connectivity index (χ0v) is 32.9. The van der Waals surface area contributed by atoms with Crippen molar-refractivity contribution >= 4 is 23.9 Å². The monoisotopic (exact) mass is 809 g/mol. The Bertz CT molecular complexity index is 1970. The number of imidazole rings is 2. The van der Waals surface area contributed by atoms with Crippen LogP contribution in [0.3, 0.4) is 0 Å². The van der Waals surface area contributed by atoms with Gasteiger partial charge in [-0.25, -0.2) is 37.1 Å². The van der Waals surface area contributed by atoms with Gasteiger partial charge in [-0.15, -0.1) is 0 Å². The fourth-order valence-electron chi connectivity index (χ4n) is 7.75. The molecule has 1 unspecified atom stereocenters. The first kappa shape index (κ1) is 41.9. The number of carbonyl (C=O) groups is 4. The molecule has 0 spiro atoms. The lowest BCUT2D eigenvalue weighted by atomic mass is 9.84. The number of ketones is 1. The molecule has 6 rings (SSSR count). The Morgan fingerprint density at radius 1 is 0.690 bits per heavy atom. The number of Topliss-reactive ketones (excluding diaryl/α,β-unsaturated/α-hetero) is 1. The number of halogens is 4. The summed E-state index contributed by atoms with van der Waals surface area (Å²) < 4.78 is 68.4. The lowest BCUT2D eigenvalue weighted by Crippen LogP contribution is -2.51. The summed E-state index contributed by atoms with van der Waals surface area (Å²) >= 11 is 0. The molecular formula is C41H47F4N7O6. The molecule has 2 aromatic heterocycles. The van der Waals surface area contributed by atoms with E-state index in [9.17, 15) is 36.7 Å². The number of amides is 3. The minimum Gasteiger partial charge on any atom is -0.453 e. The summed E-state index contributed by atoms with van der Waals surface area (Å²) in [5.74, 6) is -9.62. The molecule has 0 radical (unpaired) electrons. The molecule has 5 atom stereocenters. The molecular weight excluding hydrogens is 762 g/mol. The third-order valence-corrected chi connectivity index (χ3v) is 10.8. The highest BCUT2D eigenvalue weighted by Crippen LogP contribution is 2.49. The summed E-state index contributed by atoms with van der Waals surface area (Å²) in [6, 6.07) is 11.8. The van der Waals surface area contributed by atoms with Crippen LogP contribution in [-0.4, -0.2) is 93.4 Å². The fraction of sp³-hybridized carbons (Fsp3) is 0.463. The lowest BCUT2D eigenvalue weighted by molar-refractivity contribution is -0.136. The van der Waals surface area contributed by atoms with Gasteiger partial charge in [0.2, 0.25) is 11.8 Å². The van der Waals surface area contributed by atoms with Gasteiger partial charge in [-0.1, -0.05) is 76.2 Å². The zero-order valence-electron chi connectivity index (χ0n) is 32.9. The molecule has 17 heteroatoms. The molecule has 310 valence electrons. The van der Waals surface area contributed by atoms with E-state index in [-0.39, 0.29) is 17.6 Å². The van der Waals surface area contributed by atoms with Crippen LogP contribution in [0.15, 0.2) is 60.9 Å². The van der Waals surface area contributed by atoms with Gasteiger partial charge < -0.3 is 35.0 Å². The van der Waals surface area contributed by atoms with Gasteiger partial charge >= 0.3 is 12.2 Å². The topological polar surface area (TPSA) is 171 Å². The van der Waals surface area contributed by atoms with Crippen molar-refractivity contribution in [3.8, 4) is 33.6 Å². The van der Waals surface area contributed by atoms with Gasteiger partial charge in [0.05, 0.1) is 44.2 Å². The smallest absolute Gasteiger partial charge is 0.407 e. The summed E-state index contributed by atoms with van der Waals surface area (Å²) in [6.07, 6.45) is -0.279. The van der Waals surface area contributed by atoms with E-state index in [0.29, 0.717) is 17.0 Å². The standard InChI is InChI=1S/C41H47F4N7O6/c1-21(2)32(50-38(55)57-5)34(53)27-15-40(42,43)16-28(27)35-46-18-29(48-35)25-11-7-23(8-12-25)24-9-13-26(14-10-24)30-19-47-36(49-30)31-17-41(44,45)20-52(31)37(54)33(22(3)4)51-39(56)58-6/h7-14,18-19,21-22,27-28,31-33H,15-17,20H2,1-6H3,(H,46,48)(H,47,49)(H,50,55)(H,51,56)/t27?,28-,31+,32+,33+/m1/s1. The van der Waals surface area contributed by atoms with E-state index >= 15 is 0 Å². The van der Waals surface area contributed by atoms with Crippen molar-refractivity contribution < 1.29 is 46.2 Å². The fourth-order valence-corrected chi connectivity index (χ4v) is 7.75. The van der Waals surface area contributed by atoms with E-state index in [4.69, 9.17) is 0 Å². The molecule has 3 heterocycles. The summed E-state index contributed by atoms with van der Waals surface area (Å²) in [4.78, 5) is 67.1. The van der Waals surface area contributed by atoms with Crippen molar-refractivity contribution in [1.29, 1.82) is 0 Å². The second kappa shape index (κ2) is 16.6. The molecule has 58 heavy (non-hydrogen) atoms. The Hall–Kier alpha value is -5.74. The number of nitrogens with one attached hydrogen (secondary N) is 4. The third kappa shape index (κ3) is 9.02. The van der Waals surface area contributed by atoms with Crippen LogP contribution >= 0.6 is 0 Å². The first-order valence-corrected chi connectivity index (χ1v) is 19.0. The van der Waals surface area contributed by atoms with E-state index in [1.165, 1.54) is 7.11 Å². The van der Waals surface area contributed by atoms with Crippen molar-refractivity contribution in [2.45, 2.75) is 82.8 Å². The maximum absolute atomic E-state index is 14.8. The number of hydrogen-bond acceptors (Lipinski definition) is 8. The summed E-state index contributed by atoms with van der Waals surface area (Å²) in [7, 11) is 2.32. The van der Waals surface area contributed by atoms with E-state index < -0.39 is 97.4 Å². The van der Waals surface area contributed by atoms with Gasteiger partial charge in [0.1, 0.15) is 17.7 Å². The van der Waals surface area contributed by atoms with Crippen LogP contribution in [0, 0.1) is 17.8 Å². The molecule has 1 saturated heterocycles. The molecule has 4 N–H and O–H groups in total. The van der Waals surface area contributed by atoms with Crippen molar-refractivity contribution in [2.75, 3.05) is 20.8 Å². The van der Waals surface area contributed by atoms with Crippen LogP contribution < -0.4 is 10.6 Å². The predicted molar refractivity (Wildman–Crippen MR) is 205 cm³/mol. The summed E-state index contributed by atoms with van der Waals surface area (Å²) in [5, 5.41) is 4.95. The lowest BCUT2D eigenvalue weighted by Gasteiger charge is -2.29. The molecule has 1 aliphatic heterocycles. The van der Waals surface area contributed by atoms with E-state index in [2.05, 4.69) is 40.0 Å². The van der Waals surface area contributed by atoms with Crippen LogP contribution in [0.4, 0.5) is 27.2 Å². The van der Waals surface area contributed by atoms with Crippen LogP contribution in [0.25, 0.3) is 33.6 Å². The SMILES string of the molecule is COC(=O)N[C@H](C(=O)C1CC(F)(F)C[C@H]1c1nc(-c2ccc(-c3ccc(-c4c[nH]c([C@@H]5CC(F)(F)CN5C(=O)[C@@H](NC(=O)OC)C(C)C)n4)cc3)cc2)c[nH]1)C(C)C. The van der Waals surface area contributed by atoms with Gasteiger partial charge in [0, 0.05) is 54.6 Å². The van der Waals surface area contributed by atoms with Gasteiger partial charge in [0.25, 0.3) is 5.92 Å². The number of aromatic amines is 2. The number of likely N-dealkylation sites (tertiary alicyclic amines) is 1. The van der Waals surface area contributed by atoms with E-state index in [1.54, 1.807) is 40.1 Å². The maximum atomic E-state index is 14.8. The number of nitrogens with zero attached hydrogens (tertiary/aromatic N) is 3. The van der Waals surface area contributed by atoms with Crippen LogP contribution in [0.5, 0.6) is 0 Å². The highest BCUT2D eigenvalue weighted by Gasteiger charge is 2.53. The van der Waals surface area contributed by atoms with E-state index in [1.807, 2.05) is 48.5 Å². The number of rotatable bonds is 12. The molecule has 13 nitrogen and oxygen atoms in total. The molecule has 2 fully saturated rings. The largest absolute Gasteiger partial charge is 0.453 e. The van der Waals surface area contributed by atoms with Crippen LogP contribution in [0.2, 0.25) is 0 Å². The second-order valence-electron chi connectivity index (χ2n) is 15.6. The minimum atomic E-state index is -3.16. The molecule has 0 bridgehead atoms. The van der Waals surface area contributed by atoms with Gasteiger partial charge in [0.15, 0.2) is 5.78 Å². The number of carbonyl (C=O) groups excluding carboxylic acids is 4. The number of ether oxygens (including phenoxy) is 2. The molecule has 3 amide bonds. The summed E-state index contributed by atoms with van der Waals surface area (Å²) in [5.41, 5.74) is 4.17. The average Bonchev–Trinajstić information content (AvgIpc) is 4.00. The highest BCUT2D eigenvalue weighted by atomic mass is 19.3. The van der Waals surface area contributed by atoms with Crippen molar-refractivity contribution in [1.82, 2.24) is 35.5 Å². The normalized spacial score (nSPS) is 20.8. The van der Waals surface area contributed by atoms with Gasteiger partial charge in [-0.2, -0.15) is 0 Å². The van der Waals surface area contributed by atoms with Crippen LogP contribution in [-0.2, 0) is 19.1 Å². The first-order chi connectivity index (χ1) is 27.4. The highest BCUT2D eigenvalue weighted by molar-refractivity contribution is 5.90. The van der Waals surface area contributed by atoms with Crippen LogP contribution in [0.1, 0.15) is 70.6 Å². The second-order valence-corrected chi connectivity index (χ2v) is 15.6. The van der Waals surface area contributed by atoms with Crippen molar-refractivity contribution in [2.24, 2.45) is 17.8 Å². The summed E-state index contributed by atoms with van der Waals surface area (Å²) in [6.45, 7) is 6.03. The third-order valence-electron chi connectivity index (χ3n) is 10.8. The molecule has 2 aliphatic rings. The first-order valence-electron chi connectivity index (χ1n) is 19.0. The molecule has 4 aromatic rings. The number of alkyl halides is 4. The number of hydrogen-bond donors (Lipinski definition) is 4. The van der Waals surface area contributed by atoms with Crippen molar-refractivity contribution in [3.05, 3.63) is 72.6 Å². The quantitative estimate of drug-likeness (QED) is 0.107. The van der Waals surface area contributed by atoms with Crippen molar-refractivity contribution in [3.63, 3.8) is 0 Å². The Balaban J connectivity index is 1.15. The zero-order chi connectivity index (χ0) is 42.1. The average molecular weight is 810 g/mol. The molecule has 1 saturated carbocycles.